The Kier molecular flexibility index (Phi) is 3.58. The summed E-state index contributed by atoms with van der Waals surface area (Å²) in [6, 6.07) is 6.29. The lowest BCUT2D eigenvalue weighted by atomic mass is 9.85. The van der Waals surface area contributed by atoms with Gasteiger partial charge >= 0.3 is 0 Å². The van der Waals surface area contributed by atoms with Gasteiger partial charge in [0.2, 0.25) is 0 Å². The van der Waals surface area contributed by atoms with Crippen LogP contribution in [0, 0.1) is 5.41 Å². The molecule has 0 spiro atoms. The van der Waals surface area contributed by atoms with Crippen LogP contribution in [0.1, 0.15) is 43.9 Å². The summed E-state index contributed by atoms with van der Waals surface area (Å²) >= 11 is 0. The maximum absolute atomic E-state index is 12.0. The molecule has 0 aliphatic heterocycles. The van der Waals surface area contributed by atoms with Gasteiger partial charge in [0.1, 0.15) is 6.10 Å². The minimum absolute atomic E-state index is 0.0829. The van der Waals surface area contributed by atoms with E-state index in [-0.39, 0.29) is 11.2 Å². The Hall–Kier alpha value is -1.15. The average Bonchev–Trinajstić information content (AvgIpc) is 2.73. The molecule has 1 atom stereocenters. The molecule has 2 rings (SSSR count). The molecule has 0 radical (unpaired) electrons. The van der Waals surface area contributed by atoms with Crippen LogP contribution >= 0.6 is 0 Å². The van der Waals surface area contributed by atoms with Crippen molar-refractivity contribution >= 4 is 5.78 Å². The van der Waals surface area contributed by atoms with E-state index in [0.717, 1.165) is 18.4 Å². The lowest BCUT2D eigenvalue weighted by molar-refractivity contribution is -0.131. The summed E-state index contributed by atoms with van der Waals surface area (Å²) in [6.45, 7) is 5.66. The average molecular weight is 246 g/mol. The van der Waals surface area contributed by atoms with Crippen molar-refractivity contribution in [2.75, 3.05) is 0 Å². The summed E-state index contributed by atoms with van der Waals surface area (Å²) in [5, 5.41) is 9.96. The molecule has 1 aliphatic rings. The molecule has 0 heterocycles. The highest BCUT2D eigenvalue weighted by Gasteiger charge is 2.28. The molecule has 1 unspecified atom stereocenters. The summed E-state index contributed by atoms with van der Waals surface area (Å²) < 4.78 is 0. The van der Waals surface area contributed by atoms with Crippen LogP contribution < -0.4 is 0 Å². The lowest BCUT2D eigenvalue weighted by Crippen LogP contribution is -2.35. The van der Waals surface area contributed by atoms with E-state index in [1.54, 1.807) is 0 Å². The fourth-order valence-corrected chi connectivity index (χ4v) is 2.52. The van der Waals surface area contributed by atoms with Crippen molar-refractivity contribution in [1.29, 1.82) is 0 Å². The van der Waals surface area contributed by atoms with Gasteiger partial charge in [0.15, 0.2) is 5.78 Å². The zero-order valence-corrected chi connectivity index (χ0v) is 11.5. The van der Waals surface area contributed by atoms with Crippen LogP contribution in [-0.2, 0) is 24.1 Å². The molecule has 1 aliphatic carbocycles. The van der Waals surface area contributed by atoms with E-state index in [0.29, 0.717) is 6.42 Å². The summed E-state index contributed by atoms with van der Waals surface area (Å²) in [5.41, 5.74) is 3.45. The van der Waals surface area contributed by atoms with Crippen LogP contribution in [-0.4, -0.2) is 17.0 Å². The molecule has 0 amide bonds. The predicted octanol–water partition coefficient (Wildman–Crippen LogP) is 2.69. The van der Waals surface area contributed by atoms with Gasteiger partial charge in [-0.3, -0.25) is 4.79 Å². The first-order valence-electron chi connectivity index (χ1n) is 6.69. The summed E-state index contributed by atoms with van der Waals surface area (Å²) in [5.74, 6) is -0.0829. The fraction of sp³-hybridized carbons (Fsp3) is 0.562. The number of Topliss-reactive ketones (excluding diaryl/α,β-unsaturated/α-hetero) is 1. The van der Waals surface area contributed by atoms with Crippen LogP contribution in [0.2, 0.25) is 0 Å². The van der Waals surface area contributed by atoms with Crippen molar-refractivity contribution < 1.29 is 9.90 Å². The van der Waals surface area contributed by atoms with Gasteiger partial charge in [-0.05, 0) is 41.4 Å². The van der Waals surface area contributed by atoms with Crippen molar-refractivity contribution in [3.63, 3.8) is 0 Å². The van der Waals surface area contributed by atoms with Gasteiger partial charge in [0.25, 0.3) is 0 Å². The second-order valence-corrected chi connectivity index (χ2v) is 6.37. The molecule has 18 heavy (non-hydrogen) atoms. The van der Waals surface area contributed by atoms with Crippen molar-refractivity contribution in [1.82, 2.24) is 0 Å². The highest BCUT2D eigenvalue weighted by molar-refractivity contribution is 5.85. The maximum Gasteiger partial charge on any atom is 0.166 e. The Balaban J connectivity index is 2.08. The highest BCUT2D eigenvalue weighted by Crippen LogP contribution is 2.25. The molecule has 0 saturated carbocycles. The zero-order valence-electron chi connectivity index (χ0n) is 11.5. The van der Waals surface area contributed by atoms with Gasteiger partial charge < -0.3 is 5.11 Å². The van der Waals surface area contributed by atoms with Crippen LogP contribution in [0.5, 0.6) is 0 Å². The molecule has 2 nitrogen and oxygen atoms in total. The number of aliphatic hydroxyl groups is 1. The SMILES string of the molecule is CC(C)(C)C(O)C(=O)Cc1ccc2c(c1)CCC2. The molecular weight excluding hydrogens is 224 g/mol. The third-order valence-corrected chi connectivity index (χ3v) is 3.67. The first-order chi connectivity index (χ1) is 8.38. The summed E-state index contributed by atoms with van der Waals surface area (Å²) in [7, 11) is 0. The van der Waals surface area contributed by atoms with Crippen LogP contribution in [0.15, 0.2) is 18.2 Å². The second-order valence-electron chi connectivity index (χ2n) is 6.37. The molecule has 0 bridgehead atoms. The topological polar surface area (TPSA) is 37.3 Å². The number of aryl methyl sites for hydroxylation is 2. The predicted molar refractivity (Wildman–Crippen MR) is 72.6 cm³/mol. The van der Waals surface area contributed by atoms with Crippen molar-refractivity contribution in [2.45, 2.75) is 52.6 Å². The number of benzene rings is 1. The van der Waals surface area contributed by atoms with E-state index >= 15 is 0 Å². The Morgan fingerprint density at radius 3 is 2.61 bits per heavy atom. The minimum atomic E-state index is -0.884. The number of hydrogen-bond donors (Lipinski definition) is 1. The number of carbonyl (C=O) groups is 1. The van der Waals surface area contributed by atoms with E-state index in [4.69, 9.17) is 0 Å². The van der Waals surface area contributed by atoms with Crippen LogP contribution in [0.4, 0.5) is 0 Å². The molecule has 1 N–H and O–H groups in total. The third-order valence-electron chi connectivity index (χ3n) is 3.67. The van der Waals surface area contributed by atoms with E-state index in [9.17, 15) is 9.90 Å². The second kappa shape index (κ2) is 4.85. The molecular formula is C16H22O2. The molecule has 98 valence electrons. The Bertz CT molecular complexity index is 455. The maximum atomic E-state index is 12.0. The third kappa shape index (κ3) is 2.81. The molecule has 0 saturated heterocycles. The fourth-order valence-electron chi connectivity index (χ4n) is 2.52. The number of fused-ring (bicyclic) bond motifs is 1. The van der Waals surface area contributed by atoms with Gasteiger partial charge in [-0.1, -0.05) is 39.0 Å². The van der Waals surface area contributed by atoms with Gasteiger partial charge in [-0.15, -0.1) is 0 Å². The van der Waals surface area contributed by atoms with Crippen LogP contribution in [0.25, 0.3) is 0 Å². The number of rotatable bonds is 3. The summed E-state index contributed by atoms with van der Waals surface area (Å²) in [4.78, 5) is 12.0. The smallest absolute Gasteiger partial charge is 0.166 e. The van der Waals surface area contributed by atoms with Gasteiger partial charge in [-0.25, -0.2) is 0 Å². The number of hydrogen-bond acceptors (Lipinski definition) is 2. The summed E-state index contributed by atoms with van der Waals surface area (Å²) in [6.07, 6.45) is 2.96. The highest BCUT2D eigenvalue weighted by atomic mass is 16.3. The van der Waals surface area contributed by atoms with Crippen molar-refractivity contribution in [2.24, 2.45) is 5.41 Å². The van der Waals surface area contributed by atoms with E-state index in [1.807, 2.05) is 26.8 Å². The Morgan fingerprint density at radius 1 is 1.28 bits per heavy atom. The molecule has 0 aromatic heterocycles. The minimum Gasteiger partial charge on any atom is -0.385 e. The lowest BCUT2D eigenvalue weighted by Gasteiger charge is -2.24. The molecule has 2 heteroatoms. The van der Waals surface area contributed by atoms with Gasteiger partial charge in [0.05, 0.1) is 0 Å². The van der Waals surface area contributed by atoms with E-state index in [2.05, 4.69) is 12.1 Å². The number of ketones is 1. The first-order valence-corrected chi connectivity index (χ1v) is 6.69. The quantitative estimate of drug-likeness (QED) is 0.890. The normalized spacial score (nSPS) is 16.4. The molecule has 1 aromatic rings. The van der Waals surface area contributed by atoms with Crippen molar-refractivity contribution in [3.8, 4) is 0 Å². The van der Waals surface area contributed by atoms with Gasteiger partial charge in [0, 0.05) is 6.42 Å². The first kappa shape index (κ1) is 13.3. The van der Waals surface area contributed by atoms with E-state index in [1.165, 1.54) is 17.5 Å². The largest absolute Gasteiger partial charge is 0.385 e. The molecule has 1 aromatic carbocycles. The number of carbonyl (C=O) groups excluding carboxylic acids is 1. The Labute approximate surface area is 109 Å². The Morgan fingerprint density at radius 2 is 1.94 bits per heavy atom. The standard InChI is InChI=1S/C16H22O2/c1-16(2,3)15(18)14(17)10-11-7-8-12-5-4-6-13(12)9-11/h7-9,15,18H,4-6,10H2,1-3H3. The molecule has 0 fully saturated rings. The number of aliphatic hydroxyl groups excluding tert-OH is 1. The van der Waals surface area contributed by atoms with Crippen LogP contribution in [0.3, 0.4) is 0 Å². The van der Waals surface area contributed by atoms with Crippen molar-refractivity contribution in [3.05, 3.63) is 34.9 Å². The van der Waals surface area contributed by atoms with E-state index < -0.39 is 6.10 Å². The zero-order chi connectivity index (χ0) is 13.3. The monoisotopic (exact) mass is 246 g/mol. The van der Waals surface area contributed by atoms with Gasteiger partial charge in [-0.2, -0.15) is 0 Å².